The number of sulfone groups is 1. The van der Waals surface area contributed by atoms with Crippen molar-refractivity contribution in [3.05, 3.63) is 54.2 Å². The number of halogens is 4. The van der Waals surface area contributed by atoms with Crippen LogP contribution in [-0.2, 0) is 16.0 Å². The summed E-state index contributed by atoms with van der Waals surface area (Å²) in [6, 6.07) is 5.40. The molecule has 30 heavy (non-hydrogen) atoms. The molecule has 1 aromatic carbocycles. The van der Waals surface area contributed by atoms with Crippen LogP contribution in [0.15, 0.2) is 47.8 Å². The van der Waals surface area contributed by atoms with Gasteiger partial charge >= 0.3 is 6.18 Å². The topological polar surface area (TPSA) is 98.8 Å². The minimum Gasteiger partial charge on any atom is -0.368 e. The van der Waals surface area contributed by atoms with E-state index in [9.17, 15) is 26.0 Å². The van der Waals surface area contributed by atoms with Gasteiger partial charge in [-0.25, -0.2) is 27.8 Å². The maximum atomic E-state index is 14.7. The van der Waals surface area contributed by atoms with E-state index in [0.29, 0.717) is 11.6 Å². The van der Waals surface area contributed by atoms with Crippen LogP contribution >= 0.6 is 0 Å². The van der Waals surface area contributed by atoms with Gasteiger partial charge in [0.05, 0.1) is 5.25 Å². The lowest BCUT2D eigenvalue weighted by Crippen LogP contribution is -2.19. The molecule has 0 aliphatic rings. The Bertz CT molecular complexity index is 1190. The minimum atomic E-state index is -4.83. The van der Waals surface area contributed by atoms with Crippen LogP contribution in [0.25, 0.3) is 22.3 Å². The molecular weight excluding hydrogens is 424 g/mol. The Morgan fingerprint density at radius 1 is 0.967 bits per heavy atom. The average Bonchev–Trinajstić information content (AvgIpc) is 2.67. The van der Waals surface area contributed by atoms with Crippen LogP contribution in [0.5, 0.6) is 0 Å². The van der Waals surface area contributed by atoms with Gasteiger partial charge in [0.15, 0.2) is 14.9 Å². The van der Waals surface area contributed by atoms with Crippen molar-refractivity contribution in [1.82, 2.24) is 15.0 Å². The highest BCUT2D eigenvalue weighted by molar-refractivity contribution is 7.92. The fourth-order valence-corrected chi connectivity index (χ4v) is 3.82. The molecule has 158 valence electrons. The third-order valence-electron chi connectivity index (χ3n) is 4.30. The average molecular weight is 440 g/mol. The summed E-state index contributed by atoms with van der Waals surface area (Å²) in [5, 5.41) is -1.78. The summed E-state index contributed by atoms with van der Waals surface area (Å²) in [4.78, 5) is 10.9. The smallest absolute Gasteiger partial charge is 0.368 e. The zero-order valence-corrected chi connectivity index (χ0v) is 16.6. The lowest BCUT2D eigenvalue weighted by atomic mass is 10.0. The monoisotopic (exact) mass is 440 g/mol. The SMILES string of the molecule is CC(C)S(=O)(=O)c1nc(C(F)(F)F)ccc1-c1ccc(-c2cnc(N)nc2)c(F)c1. The van der Waals surface area contributed by atoms with Gasteiger partial charge < -0.3 is 5.73 Å². The Hall–Kier alpha value is -3.08. The van der Waals surface area contributed by atoms with E-state index in [1.54, 1.807) is 0 Å². The lowest BCUT2D eigenvalue weighted by Gasteiger charge is -2.15. The molecule has 0 bridgehead atoms. The minimum absolute atomic E-state index is 0.00939. The number of hydrogen-bond donors (Lipinski definition) is 1. The Morgan fingerprint density at radius 2 is 1.57 bits per heavy atom. The summed E-state index contributed by atoms with van der Waals surface area (Å²) in [5.74, 6) is -0.733. The Labute approximate surface area is 169 Å². The van der Waals surface area contributed by atoms with E-state index in [4.69, 9.17) is 5.73 Å². The maximum absolute atomic E-state index is 14.7. The highest BCUT2D eigenvalue weighted by Crippen LogP contribution is 2.35. The molecule has 0 unspecified atom stereocenters. The van der Waals surface area contributed by atoms with Gasteiger partial charge in [-0.05, 0) is 37.6 Å². The van der Waals surface area contributed by atoms with E-state index in [0.717, 1.165) is 12.1 Å². The van der Waals surface area contributed by atoms with Gasteiger partial charge in [0.2, 0.25) is 5.95 Å². The number of nitrogen functional groups attached to an aromatic ring is 1. The van der Waals surface area contributed by atoms with Crippen molar-refractivity contribution in [3.8, 4) is 22.3 Å². The number of nitrogens with two attached hydrogens (primary N) is 1. The molecule has 3 aromatic rings. The zero-order valence-electron chi connectivity index (χ0n) is 15.8. The first-order valence-electron chi connectivity index (χ1n) is 8.61. The standard InChI is InChI=1S/C19H16F4N4O2S/c1-10(2)30(28,29)17-14(5-6-16(27-17)19(21,22)23)11-3-4-13(15(20)7-11)12-8-25-18(24)26-9-12/h3-10H,1-2H3,(H2,24,25,26). The van der Waals surface area contributed by atoms with Crippen molar-refractivity contribution in [2.75, 3.05) is 5.73 Å². The van der Waals surface area contributed by atoms with E-state index in [1.165, 1.54) is 38.4 Å². The first kappa shape index (κ1) is 21.6. The molecule has 0 amide bonds. The van der Waals surface area contributed by atoms with E-state index >= 15 is 0 Å². The summed E-state index contributed by atoms with van der Waals surface area (Å²) in [7, 11) is -4.19. The number of hydrogen-bond acceptors (Lipinski definition) is 6. The fraction of sp³-hybridized carbons (Fsp3) is 0.211. The summed E-state index contributed by atoms with van der Waals surface area (Å²) >= 11 is 0. The van der Waals surface area contributed by atoms with E-state index in [2.05, 4.69) is 15.0 Å². The Morgan fingerprint density at radius 3 is 2.10 bits per heavy atom. The molecule has 2 heterocycles. The number of anilines is 1. The van der Waals surface area contributed by atoms with Crippen molar-refractivity contribution in [1.29, 1.82) is 0 Å². The van der Waals surface area contributed by atoms with Crippen LogP contribution in [0.3, 0.4) is 0 Å². The first-order chi connectivity index (χ1) is 13.9. The van der Waals surface area contributed by atoms with E-state index in [1.807, 2.05) is 0 Å². The fourth-order valence-electron chi connectivity index (χ4n) is 2.65. The van der Waals surface area contributed by atoms with Crippen LogP contribution in [0.2, 0.25) is 0 Å². The van der Waals surface area contributed by atoms with Crippen molar-refractivity contribution in [3.63, 3.8) is 0 Å². The molecule has 0 radical (unpaired) electrons. The van der Waals surface area contributed by atoms with Crippen LogP contribution in [0, 0.1) is 5.82 Å². The number of benzene rings is 1. The van der Waals surface area contributed by atoms with Gasteiger partial charge in [0.25, 0.3) is 0 Å². The second-order valence-electron chi connectivity index (χ2n) is 6.67. The highest BCUT2D eigenvalue weighted by Gasteiger charge is 2.35. The first-order valence-corrected chi connectivity index (χ1v) is 10.2. The van der Waals surface area contributed by atoms with Crippen LogP contribution < -0.4 is 5.73 Å². The van der Waals surface area contributed by atoms with E-state index in [-0.39, 0.29) is 22.6 Å². The normalized spacial score (nSPS) is 12.4. The third-order valence-corrected chi connectivity index (χ3v) is 6.40. The number of pyridine rings is 1. The third kappa shape index (κ3) is 4.11. The maximum Gasteiger partial charge on any atom is 0.433 e. The van der Waals surface area contributed by atoms with Gasteiger partial charge in [-0.15, -0.1) is 0 Å². The predicted octanol–water partition coefficient (Wildman–Crippen LogP) is 4.13. The van der Waals surface area contributed by atoms with Crippen molar-refractivity contribution in [2.24, 2.45) is 0 Å². The molecular formula is C19H16F4N4O2S. The van der Waals surface area contributed by atoms with Crippen molar-refractivity contribution < 1.29 is 26.0 Å². The second kappa shape index (κ2) is 7.63. The van der Waals surface area contributed by atoms with Crippen molar-refractivity contribution >= 4 is 15.8 Å². The van der Waals surface area contributed by atoms with Crippen LogP contribution in [0.1, 0.15) is 19.5 Å². The van der Waals surface area contributed by atoms with Gasteiger partial charge in [-0.2, -0.15) is 13.2 Å². The summed E-state index contributed by atoms with van der Waals surface area (Å²) in [5.41, 5.74) is 4.44. The zero-order chi connectivity index (χ0) is 22.3. The van der Waals surface area contributed by atoms with Gasteiger partial charge in [-0.3, -0.25) is 0 Å². The van der Waals surface area contributed by atoms with Crippen LogP contribution in [-0.4, -0.2) is 28.6 Å². The van der Waals surface area contributed by atoms with E-state index < -0.39 is 37.8 Å². The Balaban J connectivity index is 2.18. The van der Waals surface area contributed by atoms with Crippen molar-refractivity contribution in [2.45, 2.75) is 30.3 Å². The number of aromatic nitrogens is 3. The number of alkyl halides is 3. The summed E-state index contributed by atoms with van der Waals surface area (Å²) < 4.78 is 79.3. The van der Waals surface area contributed by atoms with Crippen LogP contribution in [0.4, 0.5) is 23.5 Å². The molecule has 0 spiro atoms. The quantitative estimate of drug-likeness (QED) is 0.613. The van der Waals surface area contributed by atoms with Gasteiger partial charge in [-0.1, -0.05) is 12.1 Å². The molecule has 11 heteroatoms. The predicted molar refractivity (Wildman–Crippen MR) is 102 cm³/mol. The molecule has 0 fully saturated rings. The molecule has 3 rings (SSSR count). The summed E-state index contributed by atoms with van der Waals surface area (Å²) in [6.45, 7) is 2.65. The molecule has 2 N–H and O–H groups in total. The molecule has 0 saturated carbocycles. The number of nitrogens with zero attached hydrogens (tertiary/aromatic N) is 3. The summed E-state index contributed by atoms with van der Waals surface area (Å²) in [6.07, 6.45) is -2.20. The largest absolute Gasteiger partial charge is 0.433 e. The second-order valence-corrected chi connectivity index (χ2v) is 9.08. The lowest BCUT2D eigenvalue weighted by molar-refractivity contribution is -0.141. The molecule has 0 saturated heterocycles. The molecule has 6 nitrogen and oxygen atoms in total. The molecule has 2 aromatic heterocycles. The van der Waals surface area contributed by atoms with Gasteiger partial charge in [0, 0.05) is 29.1 Å². The number of rotatable bonds is 4. The van der Waals surface area contributed by atoms with Gasteiger partial charge in [0.1, 0.15) is 11.5 Å². The Kier molecular flexibility index (Phi) is 5.50. The molecule has 0 atom stereocenters. The molecule has 0 aliphatic heterocycles. The highest BCUT2D eigenvalue weighted by atomic mass is 32.2. The molecule has 0 aliphatic carbocycles.